The Morgan fingerprint density at radius 3 is 2.58 bits per heavy atom. The quantitative estimate of drug-likeness (QED) is 0.559. The van der Waals surface area contributed by atoms with Crippen molar-refractivity contribution in [2.45, 2.75) is 33.7 Å². The van der Waals surface area contributed by atoms with Gasteiger partial charge in [-0.1, -0.05) is 34.5 Å². The van der Waals surface area contributed by atoms with Gasteiger partial charge in [-0.2, -0.15) is 0 Å². The maximum Gasteiger partial charge on any atom is 0.179 e. The van der Waals surface area contributed by atoms with E-state index in [0.29, 0.717) is 36.3 Å². The molecular weight excluding hydrogens is 390 g/mol. The van der Waals surface area contributed by atoms with Gasteiger partial charge in [0.2, 0.25) is 0 Å². The summed E-state index contributed by atoms with van der Waals surface area (Å²) >= 11 is 9.88. The van der Waals surface area contributed by atoms with Gasteiger partial charge in [0.15, 0.2) is 11.5 Å². The summed E-state index contributed by atoms with van der Waals surface area (Å²) in [4.78, 5) is 0. The number of aryl methyl sites for hydroxylation is 1. The summed E-state index contributed by atoms with van der Waals surface area (Å²) < 4.78 is 12.5. The molecule has 0 heterocycles. The van der Waals surface area contributed by atoms with Crippen LogP contribution in [-0.4, -0.2) is 13.2 Å². The molecule has 0 unspecified atom stereocenters. The minimum absolute atomic E-state index is 0.571. The highest BCUT2D eigenvalue weighted by molar-refractivity contribution is 9.10. The number of hydrogen-bond acceptors (Lipinski definition) is 3. The van der Waals surface area contributed by atoms with Crippen molar-refractivity contribution < 1.29 is 9.47 Å². The van der Waals surface area contributed by atoms with E-state index in [2.05, 4.69) is 47.2 Å². The Balaban J connectivity index is 2.17. The molecule has 2 aromatic rings. The largest absolute Gasteiger partial charge is 0.490 e. The molecule has 0 bridgehead atoms. The molecule has 0 radical (unpaired) electrons. The van der Waals surface area contributed by atoms with E-state index in [1.807, 2.05) is 25.1 Å². The molecule has 2 aromatic carbocycles. The van der Waals surface area contributed by atoms with E-state index in [-0.39, 0.29) is 0 Å². The molecule has 0 amide bonds. The number of ether oxygens (including phenoxy) is 2. The molecule has 2 rings (SSSR count). The molecule has 0 aliphatic rings. The number of halogens is 2. The minimum Gasteiger partial charge on any atom is -0.490 e. The van der Waals surface area contributed by atoms with Gasteiger partial charge in [-0.15, -0.1) is 0 Å². The normalized spacial score (nSPS) is 10.5. The fourth-order valence-corrected chi connectivity index (χ4v) is 3.12. The molecule has 0 saturated heterocycles. The zero-order valence-corrected chi connectivity index (χ0v) is 16.6. The lowest BCUT2D eigenvalue weighted by Gasteiger charge is -2.16. The fourth-order valence-electron chi connectivity index (χ4n) is 2.35. The van der Waals surface area contributed by atoms with Crippen LogP contribution < -0.4 is 14.8 Å². The van der Waals surface area contributed by atoms with E-state index >= 15 is 0 Å². The molecule has 0 saturated carbocycles. The van der Waals surface area contributed by atoms with Gasteiger partial charge < -0.3 is 14.8 Å². The van der Waals surface area contributed by atoms with Crippen molar-refractivity contribution in [3.05, 3.63) is 51.0 Å². The Morgan fingerprint density at radius 1 is 1.12 bits per heavy atom. The molecular formula is C19H23BrClNO2. The minimum atomic E-state index is 0.571. The lowest BCUT2D eigenvalue weighted by molar-refractivity contribution is 0.277. The Labute approximate surface area is 157 Å². The van der Waals surface area contributed by atoms with Crippen LogP contribution in [0.15, 0.2) is 34.8 Å². The molecule has 1 N–H and O–H groups in total. The van der Waals surface area contributed by atoms with Crippen molar-refractivity contribution in [2.75, 3.05) is 18.5 Å². The second-order valence-corrected chi connectivity index (χ2v) is 6.82. The Hall–Kier alpha value is -1.39. The number of benzene rings is 2. The maximum atomic E-state index is 6.40. The Bertz CT molecular complexity index is 691. The summed E-state index contributed by atoms with van der Waals surface area (Å²) in [5, 5.41) is 4.02. The third-order valence-corrected chi connectivity index (χ3v) is 4.27. The topological polar surface area (TPSA) is 30.5 Å². The summed E-state index contributed by atoms with van der Waals surface area (Å²) in [7, 11) is 0. The average Bonchev–Trinajstić information content (AvgIpc) is 2.53. The molecule has 3 nitrogen and oxygen atoms in total. The van der Waals surface area contributed by atoms with Crippen LogP contribution in [0.3, 0.4) is 0 Å². The lowest BCUT2D eigenvalue weighted by atomic mass is 10.1. The third-order valence-electron chi connectivity index (χ3n) is 3.49. The molecule has 24 heavy (non-hydrogen) atoms. The second kappa shape index (κ2) is 9.19. The maximum absolute atomic E-state index is 6.40. The van der Waals surface area contributed by atoms with Crippen LogP contribution in [-0.2, 0) is 6.54 Å². The number of rotatable bonds is 8. The van der Waals surface area contributed by atoms with Crippen LogP contribution >= 0.6 is 27.5 Å². The van der Waals surface area contributed by atoms with Crippen LogP contribution in [0.5, 0.6) is 11.5 Å². The average molecular weight is 413 g/mol. The highest BCUT2D eigenvalue weighted by Gasteiger charge is 2.12. The van der Waals surface area contributed by atoms with Crippen molar-refractivity contribution in [1.82, 2.24) is 0 Å². The van der Waals surface area contributed by atoms with Crippen LogP contribution in [0.2, 0.25) is 5.02 Å². The van der Waals surface area contributed by atoms with Gasteiger partial charge in [0.1, 0.15) is 0 Å². The van der Waals surface area contributed by atoms with E-state index in [0.717, 1.165) is 22.1 Å². The highest BCUT2D eigenvalue weighted by atomic mass is 79.9. The highest BCUT2D eigenvalue weighted by Crippen LogP contribution is 2.37. The first kappa shape index (κ1) is 18.9. The molecule has 130 valence electrons. The molecule has 0 atom stereocenters. The van der Waals surface area contributed by atoms with Gasteiger partial charge in [-0.3, -0.25) is 0 Å². The molecule has 5 heteroatoms. The van der Waals surface area contributed by atoms with Crippen molar-refractivity contribution in [3.8, 4) is 11.5 Å². The van der Waals surface area contributed by atoms with Gasteiger partial charge in [0.25, 0.3) is 0 Å². The first-order chi connectivity index (χ1) is 11.5. The first-order valence-electron chi connectivity index (χ1n) is 8.13. The van der Waals surface area contributed by atoms with E-state index in [4.69, 9.17) is 21.1 Å². The van der Waals surface area contributed by atoms with Crippen molar-refractivity contribution >= 4 is 33.2 Å². The molecule has 0 spiro atoms. The van der Waals surface area contributed by atoms with Crippen molar-refractivity contribution in [3.63, 3.8) is 0 Å². The number of anilines is 1. The predicted octanol–water partition coefficient (Wildman–Crippen LogP) is 6.21. The SMILES string of the molecule is CCCOc1c(Cl)cc(CNc2ccc(Br)cc2C)cc1OCC. The predicted molar refractivity (Wildman–Crippen MR) is 105 cm³/mol. The summed E-state index contributed by atoms with van der Waals surface area (Å²) in [5.41, 5.74) is 3.33. The molecule has 0 aliphatic heterocycles. The first-order valence-corrected chi connectivity index (χ1v) is 9.30. The standard InChI is InChI=1S/C19H23BrClNO2/c1-4-8-24-19-16(21)10-14(11-18(19)23-5-2)12-22-17-7-6-15(20)9-13(17)3/h6-7,9-11,22H,4-5,8,12H2,1-3H3. The zero-order chi connectivity index (χ0) is 17.5. The van der Waals surface area contributed by atoms with Gasteiger partial charge >= 0.3 is 0 Å². The van der Waals surface area contributed by atoms with E-state index in [9.17, 15) is 0 Å². The van der Waals surface area contributed by atoms with E-state index < -0.39 is 0 Å². The fraction of sp³-hybridized carbons (Fsp3) is 0.368. The number of nitrogens with one attached hydrogen (secondary N) is 1. The van der Waals surface area contributed by atoms with Crippen LogP contribution in [0.1, 0.15) is 31.4 Å². The molecule has 0 aliphatic carbocycles. The monoisotopic (exact) mass is 411 g/mol. The summed E-state index contributed by atoms with van der Waals surface area (Å²) in [6.45, 7) is 7.95. The van der Waals surface area contributed by atoms with E-state index in [1.165, 1.54) is 5.56 Å². The third kappa shape index (κ3) is 5.05. The summed E-state index contributed by atoms with van der Waals surface area (Å²) in [6.07, 6.45) is 0.925. The molecule has 0 aromatic heterocycles. The van der Waals surface area contributed by atoms with Crippen LogP contribution in [0, 0.1) is 6.92 Å². The van der Waals surface area contributed by atoms with Gasteiger partial charge in [0, 0.05) is 16.7 Å². The van der Waals surface area contributed by atoms with Gasteiger partial charge in [-0.25, -0.2) is 0 Å². The van der Waals surface area contributed by atoms with Gasteiger partial charge in [0.05, 0.1) is 18.2 Å². The lowest BCUT2D eigenvalue weighted by Crippen LogP contribution is -2.04. The summed E-state index contributed by atoms with van der Waals surface area (Å²) in [6, 6.07) is 10.1. The second-order valence-electron chi connectivity index (χ2n) is 5.50. The van der Waals surface area contributed by atoms with Crippen molar-refractivity contribution in [2.24, 2.45) is 0 Å². The zero-order valence-electron chi connectivity index (χ0n) is 14.3. The van der Waals surface area contributed by atoms with Crippen LogP contribution in [0.4, 0.5) is 5.69 Å². The Kier molecular flexibility index (Phi) is 7.25. The van der Waals surface area contributed by atoms with E-state index in [1.54, 1.807) is 0 Å². The van der Waals surface area contributed by atoms with Crippen molar-refractivity contribution in [1.29, 1.82) is 0 Å². The summed E-state index contributed by atoms with van der Waals surface area (Å²) in [5.74, 6) is 1.33. The Morgan fingerprint density at radius 2 is 1.92 bits per heavy atom. The van der Waals surface area contributed by atoms with Crippen LogP contribution in [0.25, 0.3) is 0 Å². The van der Waals surface area contributed by atoms with Gasteiger partial charge in [-0.05, 0) is 61.7 Å². The molecule has 0 fully saturated rings. The smallest absolute Gasteiger partial charge is 0.179 e. The number of hydrogen-bond donors (Lipinski definition) is 1.